The summed E-state index contributed by atoms with van der Waals surface area (Å²) in [5.41, 5.74) is 5.95. The van der Waals surface area contributed by atoms with Crippen molar-refractivity contribution in [3.8, 4) is 0 Å². The third-order valence-electron chi connectivity index (χ3n) is 4.35. The van der Waals surface area contributed by atoms with Gasteiger partial charge in [-0.15, -0.1) is 12.4 Å². The molecule has 0 spiro atoms. The van der Waals surface area contributed by atoms with Gasteiger partial charge in [0.05, 0.1) is 0 Å². The second-order valence-electron chi connectivity index (χ2n) is 6.15. The molecule has 0 aromatic carbocycles. The molecule has 0 aromatic rings. The molecular formula is C16H33ClN2O. The van der Waals surface area contributed by atoms with E-state index in [1.807, 2.05) is 0 Å². The van der Waals surface area contributed by atoms with Gasteiger partial charge < -0.3 is 10.6 Å². The Kier molecular flexibility index (Phi) is 10.3. The molecule has 0 radical (unpaired) electrons. The number of nitrogens with zero attached hydrogens (tertiary/aromatic N) is 1. The molecule has 1 rings (SSSR count). The van der Waals surface area contributed by atoms with E-state index in [1.165, 1.54) is 12.8 Å². The molecule has 0 aromatic heterocycles. The van der Waals surface area contributed by atoms with E-state index in [9.17, 15) is 4.79 Å². The Morgan fingerprint density at radius 2 is 1.95 bits per heavy atom. The maximum absolute atomic E-state index is 12.7. The summed E-state index contributed by atoms with van der Waals surface area (Å²) < 4.78 is 0. The molecule has 1 aliphatic rings. The lowest BCUT2D eigenvalue weighted by Crippen LogP contribution is -2.42. The van der Waals surface area contributed by atoms with E-state index >= 15 is 0 Å². The molecule has 1 fully saturated rings. The third-order valence-corrected chi connectivity index (χ3v) is 4.35. The Morgan fingerprint density at radius 3 is 2.45 bits per heavy atom. The van der Waals surface area contributed by atoms with Crippen LogP contribution in [0.1, 0.15) is 72.1 Å². The topological polar surface area (TPSA) is 46.3 Å². The molecule has 0 bridgehead atoms. The van der Waals surface area contributed by atoms with Crippen molar-refractivity contribution in [2.45, 2.75) is 84.2 Å². The molecule has 0 aliphatic heterocycles. The molecule has 3 nitrogen and oxygen atoms in total. The Balaban J connectivity index is 0.00000361. The fourth-order valence-corrected chi connectivity index (χ4v) is 3.13. The molecule has 1 amide bonds. The average molecular weight is 305 g/mol. The Morgan fingerprint density at radius 1 is 1.25 bits per heavy atom. The molecule has 1 aliphatic carbocycles. The average Bonchev–Trinajstić information content (AvgIpc) is 2.81. The van der Waals surface area contributed by atoms with Gasteiger partial charge in [0.1, 0.15) is 0 Å². The van der Waals surface area contributed by atoms with Crippen LogP contribution >= 0.6 is 12.4 Å². The first-order chi connectivity index (χ1) is 9.10. The van der Waals surface area contributed by atoms with Crippen LogP contribution in [0.5, 0.6) is 0 Å². The van der Waals surface area contributed by atoms with E-state index in [1.54, 1.807) is 0 Å². The molecule has 4 heteroatoms. The van der Waals surface area contributed by atoms with Crippen molar-refractivity contribution in [3.63, 3.8) is 0 Å². The number of carbonyl (C=O) groups is 1. The van der Waals surface area contributed by atoms with Gasteiger partial charge in [-0.2, -0.15) is 0 Å². The largest absolute Gasteiger partial charge is 0.340 e. The second-order valence-corrected chi connectivity index (χ2v) is 6.15. The van der Waals surface area contributed by atoms with Crippen molar-refractivity contribution in [2.24, 2.45) is 11.7 Å². The fourth-order valence-electron chi connectivity index (χ4n) is 3.13. The quantitative estimate of drug-likeness (QED) is 0.694. The van der Waals surface area contributed by atoms with E-state index in [0.29, 0.717) is 11.9 Å². The van der Waals surface area contributed by atoms with Crippen LogP contribution in [0.4, 0.5) is 0 Å². The lowest BCUT2D eigenvalue weighted by atomic mass is 10.0. The van der Waals surface area contributed by atoms with Crippen LogP contribution in [0.25, 0.3) is 0 Å². The SMILES string of the molecule is CCCCCN(C(=O)C1CCC(N)C1)C(C)CCC.Cl. The van der Waals surface area contributed by atoms with Crippen LogP contribution in [0.3, 0.4) is 0 Å². The van der Waals surface area contributed by atoms with Crippen LogP contribution in [0.2, 0.25) is 0 Å². The van der Waals surface area contributed by atoms with Crippen molar-refractivity contribution in [1.29, 1.82) is 0 Å². The number of hydrogen-bond donors (Lipinski definition) is 1. The summed E-state index contributed by atoms with van der Waals surface area (Å²) in [6, 6.07) is 0.624. The maximum Gasteiger partial charge on any atom is 0.225 e. The normalized spacial score (nSPS) is 23.2. The summed E-state index contributed by atoms with van der Waals surface area (Å²) in [5, 5.41) is 0. The molecule has 120 valence electrons. The highest BCUT2D eigenvalue weighted by Gasteiger charge is 2.32. The maximum atomic E-state index is 12.7. The summed E-state index contributed by atoms with van der Waals surface area (Å²) in [7, 11) is 0. The van der Waals surface area contributed by atoms with Crippen molar-refractivity contribution >= 4 is 18.3 Å². The summed E-state index contributed by atoms with van der Waals surface area (Å²) in [6.45, 7) is 7.52. The molecule has 0 heterocycles. The van der Waals surface area contributed by atoms with Crippen molar-refractivity contribution in [1.82, 2.24) is 4.90 Å². The van der Waals surface area contributed by atoms with E-state index in [2.05, 4.69) is 25.7 Å². The van der Waals surface area contributed by atoms with E-state index in [4.69, 9.17) is 5.73 Å². The summed E-state index contributed by atoms with van der Waals surface area (Å²) in [5.74, 6) is 0.556. The predicted molar refractivity (Wildman–Crippen MR) is 88.2 cm³/mol. The van der Waals surface area contributed by atoms with Gasteiger partial charge in [0, 0.05) is 24.5 Å². The predicted octanol–water partition coefficient (Wildman–Crippen LogP) is 3.74. The van der Waals surface area contributed by atoms with Crippen LogP contribution in [-0.2, 0) is 4.79 Å². The first kappa shape index (κ1) is 19.7. The molecule has 2 N–H and O–H groups in total. The zero-order chi connectivity index (χ0) is 14.3. The van der Waals surface area contributed by atoms with Crippen LogP contribution < -0.4 is 5.73 Å². The van der Waals surface area contributed by atoms with Gasteiger partial charge in [-0.05, 0) is 39.0 Å². The first-order valence-electron chi connectivity index (χ1n) is 8.16. The number of halogens is 1. The molecule has 3 unspecified atom stereocenters. The molecule has 20 heavy (non-hydrogen) atoms. The molecular weight excluding hydrogens is 272 g/mol. The zero-order valence-corrected chi connectivity index (χ0v) is 14.3. The van der Waals surface area contributed by atoms with Gasteiger partial charge in [-0.3, -0.25) is 4.79 Å². The fraction of sp³-hybridized carbons (Fsp3) is 0.938. The first-order valence-corrected chi connectivity index (χ1v) is 8.16. The summed E-state index contributed by atoms with van der Waals surface area (Å²) in [6.07, 6.45) is 8.70. The summed E-state index contributed by atoms with van der Waals surface area (Å²) >= 11 is 0. The van der Waals surface area contributed by atoms with Gasteiger partial charge >= 0.3 is 0 Å². The number of nitrogens with two attached hydrogens (primary N) is 1. The van der Waals surface area contributed by atoms with E-state index in [-0.39, 0.29) is 24.4 Å². The number of unbranched alkanes of at least 4 members (excludes halogenated alkanes) is 2. The number of carbonyl (C=O) groups excluding carboxylic acids is 1. The van der Waals surface area contributed by atoms with Crippen LogP contribution in [0, 0.1) is 5.92 Å². The number of rotatable bonds is 8. The number of hydrogen-bond acceptors (Lipinski definition) is 2. The second kappa shape index (κ2) is 10.4. The molecule has 0 saturated heterocycles. The standard InChI is InChI=1S/C16H32N2O.ClH/c1-4-6-7-11-18(13(3)8-5-2)16(19)14-9-10-15(17)12-14;/h13-15H,4-12,17H2,1-3H3;1H. The Labute approximate surface area is 131 Å². The van der Waals surface area contributed by atoms with Crippen molar-refractivity contribution < 1.29 is 4.79 Å². The minimum absolute atomic E-state index is 0. The highest BCUT2D eigenvalue weighted by atomic mass is 35.5. The monoisotopic (exact) mass is 304 g/mol. The molecule has 3 atom stereocenters. The van der Waals surface area contributed by atoms with Crippen molar-refractivity contribution in [2.75, 3.05) is 6.54 Å². The van der Waals surface area contributed by atoms with Gasteiger partial charge in [0.25, 0.3) is 0 Å². The summed E-state index contributed by atoms with van der Waals surface area (Å²) in [4.78, 5) is 14.8. The van der Waals surface area contributed by atoms with E-state index in [0.717, 1.165) is 45.1 Å². The Bertz CT molecular complexity index is 273. The highest BCUT2D eigenvalue weighted by molar-refractivity contribution is 5.85. The van der Waals surface area contributed by atoms with E-state index < -0.39 is 0 Å². The highest BCUT2D eigenvalue weighted by Crippen LogP contribution is 2.27. The smallest absolute Gasteiger partial charge is 0.225 e. The lowest BCUT2D eigenvalue weighted by molar-refractivity contribution is -0.137. The third kappa shape index (κ3) is 6.01. The van der Waals surface area contributed by atoms with Crippen LogP contribution in [-0.4, -0.2) is 29.4 Å². The number of amides is 1. The minimum Gasteiger partial charge on any atom is -0.340 e. The Hall–Kier alpha value is -0.280. The van der Waals surface area contributed by atoms with Gasteiger partial charge in [-0.25, -0.2) is 0 Å². The minimum atomic E-state index is 0. The van der Waals surface area contributed by atoms with Gasteiger partial charge in [0.15, 0.2) is 0 Å². The zero-order valence-electron chi connectivity index (χ0n) is 13.4. The van der Waals surface area contributed by atoms with Gasteiger partial charge in [0.2, 0.25) is 5.91 Å². The van der Waals surface area contributed by atoms with Crippen molar-refractivity contribution in [3.05, 3.63) is 0 Å². The molecule has 1 saturated carbocycles. The van der Waals surface area contributed by atoms with Crippen LogP contribution in [0.15, 0.2) is 0 Å². The van der Waals surface area contributed by atoms with Gasteiger partial charge in [-0.1, -0.05) is 33.1 Å². The lowest BCUT2D eigenvalue weighted by Gasteiger charge is -2.31.